The van der Waals surface area contributed by atoms with Gasteiger partial charge in [-0.3, -0.25) is 0 Å². The molecule has 1 atom stereocenters. The van der Waals surface area contributed by atoms with E-state index in [0.29, 0.717) is 30.4 Å². The molecule has 0 saturated carbocycles. The van der Waals surface area contributed by atoms with Gasteiger partial charge in [0.2, 0.25) is 0 Å². The molecule has 0 unspecified atom stereocenters. The number of unbranched alkanes of at least 4 members (excludes halogenated alkanes) is 3. The van der Waals surface area contributed by atoms with Crippen LogP contribution in [-0.2, 0) is 0 Å². The molecule has 2 aromatic rings. The van der Waals surface area contributed by atoms with E-state index in [1.54, 1.807) is 24.3 Å². The highest BCUT2D eigenvalue weighted by Gasteiger charge is 2.09. The molecule has 152 valence electrons. The Morgan fingerprint density at radius 1 is 0.821 bits per heavy atom. The predicted octanol–water partition coefficient (Wildman–Crippen LogP) is 6.29. The van der Waals surface area contributed by atoms with Gasteiger partial charge in [0, 0.05) is 0 Å². The van der Waals surface area contributed by atoms with E-state index >= 15 is 0 Å². The summed E-state index contributed by atoms with van der Waals surface area (Å²) in [4.78, 5) is 12.3. The average Bonchev–Trinajstić information content (AvgIpc) is 2.73. The van der Waals surface area contributed by atoms with Crippen molar-refractivity contribution in [2.24, 2.45) is 5.92 Å². The first-order chi connectivity index (χ1) is 13.6. The molecule has 0 amide bonds. The van der Waals surface area contributed by atoms with E-state index in [-0.39, 0.29) is 5.97 Å². The van der Waals surface area contributed by atoms with Crippen molar-refractivity contribution in [3.63, 3.8) is 0 Å². The summed E-state index contributed by atoms with van der Waals surface area (Å²) in [6, 6.07) is 14.2. The zero-order valence-corrected chi connectivity index (χ0v) is 17.3. The quantitative estimate of drug-likeness (QED) is 0.245. The fraction of sp³-hybridized carbons (Fsp3) is 0.458. The van der Waals surface area contributed by atoms with Crippen molar-refractivity contribution in [3.8, 4) is 17.2 Å². The molecule has 0 spiro atoms. The van der Waals surface area contributed by atoms with Gasteiger partial charge in [-0.25, -0.2) is 4.79 Å². The van der Waals surface area contributed by atoms with Gasteiger partial charge in [-0.2, -0.15) is 0 Å². The Balaban J connectivity index is 1.80. The highest BCUT2D eigenvalue weighted by Crippen LogP contribution is 2.20. The summed E-state index contributed by atoms with van der Waals surface area (Å²) in [6.07, 6.45) is 5.76. The minimum absolute atomic E-state index is 0.386. The van der Waals surface area contributed by atoms with E-state index < -0.39 is 0 Å². The van der Waals surface area contributed by atoms with Crippen LogP contribution in [0.5, 0.6) is 17.2 Å². The fourth-order valence-corrected chi connectivity index (χ4v) is 2.53. The summed E-state index contributed by atoms with van der Waals surface area (Å²) in [6.45, 7) is 7.87. The number of esters is 1. The predicted molar refractivity (Wildman–Crippen MR) is 112 cm³/mol. The average molecular weight is 385 g/mol. The molecular weight excluding hydrogens is 352 g/mol. The molecule has 0 bridgehead atoms. The van der Waals surface area contributed by atoms with Crippen LogP contribution in [0.4, 0.5) is 0 Å². The smallest absolute Gasteiger partial charge is 0.343 e. The van der Waals surface area contributed by atoms with Gasteiger partial charge in [0.15, 0.2) is 0 Å². The molecule has 0 aromatic heterocycles. The minimum Gasteiger partial charge on any atom is -0.494 e. The second-order valence-corrected chi connectivity index (χ2v) is 7.12. The SMILES string of the molecule is CCCCCCOc1ccc(C(=O)Oc2ccc(OC[C@@H](C)CC)cc2)cc1. The van der Waals surface area contributed by atoms with Gasteiger partial charge in [0.05, 0.1) is 18.8 Å². The van der Waals surface area contributed by atoms with Crippen molar-refractivity contribution < 1.29 is 19.0 Å². The van der Waals surface area contributed by atoms with Crippen LogP contribution in [-0.4, -0.2) is 19.2 Å². The Labute approximate surface area is 168 Å². The lowest BCUT2D eigenvalue weighted by Gasteiger charge is -2.11. The molecule has 0 radical (unpaired) electrons. The topological polar surface area (TPSA) is 44.8 Å². The largest absolute Gasteiger partial charge is 0.494 e. The summed E-state index contributed by atoms with van der Waals surface area (Å²) in [5, 5.41) is 0. The molecule has 0 aliphatic carbocycles. The fourth-order valence-electron chi connectivity index (χ4n) is 2.53. The zero-order chi connectivity index (χ0) is 20.2. The second kappa shape index (κ2) is 12.1. The molecule has 0 aliphatic heterocycles. The number of carbonyl (C=O) groups excluding carboxylic acids is 1. The molecule has 2 rings (SSSR count). The molecule has 0 heterocycles. The Kier molecular flexibility index (Phi) is 9.40. The monoisotopic (exact) mass is 384 g/mol. The van der Waals surface area contributed by atoms with Crippen molar-refractivity contribution in [1.82, 2.24) is 0 Å². The van der Waals surface area contributed by atoms with Crippen molar-refractivity contribution in [3.05, 3.63) is 54.1 Å². The van der Waals surface area contributed by atoms with Crippen molar-refractivity contribution in [2.45, 2.75) is 52.9 Å². The lowest BCUT2D eigenvalue weighted by Crippen LogP contribution is -2.09. The number of hydrogen-bond acceptors (Lipinski definition) is 4. The summed E-state index contributed by atoms with van der Waals surface area (Å²) in [7, 11) is 0. The molecule has 0 saturated heterocycles. The number of carbonyl (C=O) groups is 1. The summed E-state index contributed by atoms with van der Waals surface area (Å²) >= 11 is 0. The van der Waals surface area contributed by atoms with Gasteiger partial charge in [0.1, 0.15) is 17.2 Å². The van der Waals surface area contributed by atoms with E-state index in [9.17, 15) is 4.79 Å². The second-order valence-electron chi connectivity index (χ2n) is 7.12. The molecular formula is C24H32O4. The Morgan fingerprint density at radius 2 is 1.43 bits per heavy atom. The van der Waals surface area contributed by atoms with Crippen molar-refractivity contribution in [2.75, 3.05) is 13.2 Å². The first-order valence-corrected chi connectivity index (χ1v) is 10.3. The van der Waals surface area contributed by atoms with E-state index in [1.165, 1.54) is 19.3 Å². The third-order valence-electron chi connectivity index (χ3n) is 4.62. The normalized spacial score (nSPS) is 11.7. The van der Waals surface area contributed by atoms with Crippen LogP contribution in [0.3, 0.4) is 0 Å². The molecule has 2 aromatic carbocycles. The first kappa shape index (κ1) is 21.8. The summed E-state index contributed by atoms with van der Waals surface area (Å²) < 4.78 is 16.8. The van der Waals surface area contributed by atoms with Gasteiger partial charge in [-0.05, 0) is 60.9 Å². The third-order valence-corrected chi connectivity index (χ3v) is 4.62. The molecule has 0 N–H and O–H groups in total. The van der Waals surface area contributed by atoms with E-state index in [4.69, 9.17) is 14.2 Å². The van der Waals surface area contributed by atoms with Gasteiger partial charge < -0.3 is 14.2 Å². The zero-order valence-electron chi connectivity index (χ0n) is 17.3. The van der Waals surface area contributed by atoms with Crippen LogP contribution in [0.15, 0.2) is 48.5 Å². The lowest BCUT2D eigenvalue weighted by atomic mass is 10.1. The lowest BCUT2D eigenvalue weighted by molar-refractivity contribution is 0.0734. The molecule has 0 aliphatic rings. The molecule has 0 fully saturated rings. The van der Waals surface area contributed by atoms with E-state index in [1.807, 2.05) is 24.3 Å². The van der Waals surface area contributed by atoms with Crippen molar-refractivity contribution >= 4 is 5.97 Å². The van der Waals surface area contributed by atoms with E-state index in [2.05, 4.69) is 20.8 Å². The summed E-state index contributed by atoms with van der Waals surface area (Å²) in [5.74, 6) is 2.18. The third kappa shape index (κ3) is 7.63. The first-order valence-electron chi connectivity index (χ1n) is 10.3. The Morgan fingerprint density at radius 3 is 2.07 bits per heavy atom. The minimum atomic E-state index is -0.386. The maximum absolute atomic E-state index is 12.3. The maximum atomic E-state index is 12.3. The highest BCUT2D eigenvalue weighted by molar-refractivity contribution is 5.91. The van der Waals surface area contributed by atoms with Crippen LogP contribution in [0.1, 0.15) is 63.2 Å². The Hall–Kier alpha value is -2.49. The van der Waals surface area contributed by atoms with Crippen LogP contribution < -0.4 is 14.2 Å². The summed E-state index contributed by atoms with van der Waals surface area (Å²) in [5.41, 5.74) is 0.496. The van der Waals surface area contributed by atoms with Crippen LogP contribution in [0, 0.1) is 5.92 Å². The van der Waals surface area contributed by atoms with E-state index in [0.717, 1.165) is 24.3 Å². The van der Waals surface area contributed by atoms with Gasteiger partial charge in [0.25, 0.3) is 0 Å². The number of ether oxygens (including phenoxy) is 3. The number of rotatable bonds is 12. The van der Waals surface area contributed by atoms with Crippen LogP contribution >= 0.6 is 0 Å². The van der Waals surface area contributed by atoms with Gasteiger partial charge >= 0.3 is 5.97 Å². The highest BCUT2D eigenvalue weighted by atomic mass is 16.5. The Bertz CT molecular complexity index is 692. The molecule has 4 nitrogen and oxygen atoms in total. The molecule has 28 heavy (non-hydrogen) atoms. The maximum Gasteiger partial charge on any atom is 0.343 e. The van der Waals surface area contributed by atoms with Gasteiger partial charge in [-0.15, -0.1) is 0 Å². The van der Waals surface area contributed by atoms with Gasteiger partial charge in [-0.1, -0.05) is 46.5 Å². The van der Waals surface area contributed by atoms with Crippen LogP contribution in [0.25, 0.3) is 0 Å². The van der Waals surface area contributed by atoms with Crippen LogP contribution in [0.2, 0.25) is 0 Å². The molecule has 4 heteroatoms. The standard InChI is InChI=1S/C24H32O4/c1-4-6-7-8-17-26-21-11-9-20(10-12-21)24(25)28-23-15-13-22(14-16-23)27-18-19(3)5-2/h9-16,19H,4-8,17-18H2,1-3H3/t19-/m0/s1. The number of hydrogen-bond donors (Lipinski definition) is 0. The van der Waals surface area contributed by atoms with Crippen molar-refractivity contribution in [1.29, 1.82) is 0 Å². The number of benzene rings is 2.